The van der Waals surface area contributed by atoms with Gasteiger partial charge >= 0.3 is 0 Å². The third kappa shape index (κ3) is 3.85. The number of benzene rings is 1. The zero-order chi connectivity index (χ0) is 15.4. The van der Waals surface area contributed by atoms with Gasteiger partial charge in [0.25, 0.3) is 0 Å². The number of hydrogen-bond acceptors (Lipinski definition) is 3. The molecule has 3 atom stereocenters. The van der Waals surface area contributed by atoms with Gasteiger partial charge in [0.2, 0.25) is 0 Å². The number of hydrogen-bond donors (Lipinski definition) is 1. The summed E-state index contributed by atoms with van der Waals surface area (Å²) in [7, 11) is 1.81. The molecule has 0 amide bonds. The van der Waals surface area contributed by atoms with Crippen LogP contribution in [0.25, 0.3) is 0 Å². The van der Waals surface area contributed by atoms with E-state index in [0.29, 0.717) is 30.7 Å². The van der Waals surface area contributed by atoms with Crippen molar-refractivity contribution in [1.82, 2.24) is 4.90 Å². The van der Waals surface area contributed by atoms with Crippen LogP contribution in [0.3, 0.4) is 0 Å². The van der Waals surface area contributed by atoms with Crippen LogP contribution in [0.5, 0.6) is 0 Å². The number of nitrogens with two attached hydrogens (primary N) is 1. The molecule has 2 N–H and O–H groups in total. The molecule has 1 aromatic rings. The first kappa shape index (κ1) is 16.5. The first-order chi connectivity index (χ1) is 10.1. The van der Waals surface area contributed by atoms with Crippen LogP contribution in [-0.4, -0.2) is 37.2 Å². The summed E-state index contributed by atoms with van der Waals surface area (Å²) >= 11 is 0. The van der Waals surface area contributed by atoms with E-state index in [2.05, 4.69) is 49.9 Å². The van der Waals surface area contributed by atoms with Gasteiger partial charge in [-0.2, -0.15) is 0 Å². The molecule has 0 radical (unpaired) electrons. The number of methoxy groups -OCH3 is 1. The minimum absolute atomic E-state index is 0.366. The molecule has 0 saturated carbocycles. The van der Waals surface area contributed by atoms with Crippen molar-refractivity contribution in [2.24, 2.45) is 5.73 Å². The molecule has 0 bridgehead atoms. The molecule has 1 fully saturated rings. The molecule has 1 saturated heterocycles. The quantitative estimate of drug-likeness (QED) is 0.904. The van der Waals surface area contributed by atoms with Crippen LogP contribution in [0.1, 0.15) is 56.7 Å². The highest BCUT2D eigenvalue weighted by Crippen LogP contribution is 2.29. The maximum atomic E-state index is 5.99. The molecule has 3 heteroatoms. The van der Waals surface area contributed by atoms with Gasteiger partial charge in [0.05, 0.1) is 6.10 Å². The summed E-state index contributed by atoms with van der Waals surface area (Å²) < 4.78 is 5.52. The van der Waals surface area contributed by atoms with Crippen molar-refractivity contribution in [3.63, 3.8) is 0 Å². The molecule has 118 valence electrons. The van der Waals surface area contributed by atoms with Gasteiger partial charge in [-0.25, -0.2) is 0 Å². The second-order valence-corrected chi connectivity index (χ2v) is 6.51. The molecule has 0 spiro atoms. The molecule has 3 nitrogen and oxygen atoms in total. The average Bonchev–Trinajstić information content (AvgIpc) is 2.53. The molecule has 21 heavy (non-hydrogen) atoms. The van der Waals surface area contributed by atoms with Crippen molar-refractivity contribution in [3.8, 4) is 0 Å². The third-order valence-electron chi connectivity index (χ3n) is 4.90. The molecule has 3 unspecified atom stereocenters. The van der Waals surface area contributed by atoms with Crippen LogP contribution < -0.4 is 5.73 Å². The Bertz CT molecular complexity index is 429. The first-order valence-corrected chi connectivity index (χ1v) is 8.15. The Labute approximate surface area is 129 Å². The van der Waals surface area contributed by atoms with Crippen LogP contribution in [-0.2, 0) is 4.74 Å². The van der Waals surface area contributed by atoms with Crippen LogP contribution >= 0.6 is 0 Å². The van der Waals surface area contributed by atoms with Crippen molar-refractivity contribution in [2.75, 3.05) is 20.2 Å². The number of piperidine rings is 1. The Morgan fingerprint density at radius 2 is 1.81 bits per heavy atom. The second-order valence-electron chi connectivity index (χ2n) is 6.51. The van der Waals surface area contributed by atoms with Gasteiger partial charge in [-0.1, -0.05) is 38.1 Å². The van der Waals surface area contributed by atoms with E-state index < -0.39 is 0 Å². The molecule has 1 heterocycles. The van der Waals surface area contributed by atoms with Gasteiger partial charge in [0.15, 0.2) is 0 Å². The highest BCUT2D eigenvalue weighted by Gasteiger charge is 2.31. The number of likely N-dealkylation sites (tertiary alicyclic amines) is 1. The number of nitrogens with zero attached hydrogens (tertiary/aromatic N) is 1. The zero-order valence-electron chi connectivity index (χ0n) is 13.9. The smallest absolute Gasteiger partial charge is 0.0599 e. The lowest BCUT2D eigenvalue weighted by atomic mass is 9.94. The van der Waals surface area contributed by atoms with E-state index in [4.69, 9.17) is 10.5 Å². The van der Waals surface area contributed by atoms with E-state index in [9.17, 15) is 0 Å². The summed E-state index contributed by atoms with van der Waals surface area (Å²) in [6, 6.07) is 9.90. The fraction of sp³-hybridized carbons (Fsp3) is 0.667. The molecule has 0 aromatic heterocycles. The number of rotatable bonds is 5. The van der Waals surface area contributed by atoms with Gasteiger partial charge in [-0.15, -0.1) is 0 Å². The standard InChI is InChI=1S/C18H30N2O/c1-13(2)15-5-7-16(8-6-15)14(3)20-10-9-18(21-4)11-17(20)12-19/h5-8,13-14,17-18H,9-12,19H2,1-4H3. The van der Waals surface area contributed by atoms with Crippen LogP contribution in [0.4, 0.5) is 0 Å². The van der Waals surface area contributed by atoms with Crippen LogP contribution in [0.15, 0.2) is 24.3 Å². The lowest BCUT2D eigenvalue weighted by Gasteiger charge is -2.42. The molecular weight excluding hydrogens is 260 g/mol. The van der Waals surface area contributed by atoms with E-state index >= 15 is 0 Å². The Balaban J connectivity index is 2.09. The normalized spacial score (nSPS) is 25.2. The average molecular weight is 290 g/mol. The van der Waals surface area contributed by atoms with E-state index in [0.717, 1.165) is 19.4 Å². The fourth-order valence-corrected chi connectivity index (χ4v) is 3.34. The third-order valence-corrected chi connectivity index (χ3v) is 4.90. The topological polar surface area (TPSA) is 38.5 Å². The van der Waals surface area contributed by atoms with Crippen molar-refractivity contribution in [3.05, 3.63) is 35.4 Å². The highest BCUT2D eigenvalue weighted by atomic mass is 16.5. The summed E-state index contributed by atoms with van der Waals surface area (Å²) in [5, 5.41) is 0. The minimum atomic E-state index is 0.366. The minimum Gasteiger partial charge on any atom is -0.381 e. The van der Waals surface area contributed by atoms with E-state index in [-0.39, 0.29) is 0 Å². The van der Waals surface area contributed by atoms with E-state index in [1.165, 1.54) is 11.1 Å². The Morgan fingerprint density at radius 3 is 2.33 bits per heavy atom. The van der Waals surface area contributed by atoms with Crippen molar-refractivity contribution < 1.29 is 4.74 Å². The maximum Gasteiger partial charge on any atom is 0.0599 e. The molecule has 1 aliphatic rings. The predicted molar refractivity (Wildman–Crippen MR) is 88.5 cm³/mol. The SMILES string of the molecule is COC1CCN(C(C)c2ccc(C(C)C)cc2)C(CN)C1. The molecule has 1 aromatic carbocycles. The zero-order valence-corrected chi connectivity index (χ0v) is 13.9. The monoisotopic (exact) mass is 290 g/mol. The summed E-state index contributed by atoms with van der Waals surface area (Å²) in [5.41, 5.74) is 8.78. The molecule has 2 rings (SSSR count). The molecule has 0 aliphatic carbocycles. The Hall–Kier alpha value is -0.900. The van der Waals surface area contributed by atoms with Gasteiger partial charge in [-0.3, -0.25) is 4.90 Å². The van der Waals surface area contributed by atoms with Gasteiger partial charge in [0.1, 0.15) is 0 Å². The molecular formula is C18H30N2O. The van der Waals surface area contributed by atoms with Crippen molar-refractivity contribution in [2.45, 2.75) is 57.7 Å². The lowest BCUT2D eigenvalue weighted by Crippen LogP contribution is -2.49. The second kappa shape index (κ2) is 7.39. The van der Waals surface area contributed by atoms with Crippen molar-refractivity contribution in [1.29, 1.82) is 0 Å². The number of ether oxygens (including phenoxy) is 1. The summed E-state index contributed by atoms with van der Waals surface area (Å²) in [6.45, 7) is 8.53. The van der Waals surface area contributed by atoms with Crippen LogP contribution in [0, 0.1) is 0 Å². The largest absolute Gasteiger partial charge is 0.381 e. The Kier molecular flexibility index (Phi) is 5.80. The first-order valence-electron chi connectivity index (χ1n) is 8.15. The summed E-state index contributed by atoms with van der Waals surface area (Å²) in [6.07, 6.45) is 2.51. The van der Waals surface area contributed by atoms with Gasteiger partial charge < -0.3 is 10.5 Å². The van der Waals surface area contributed by atoms with E-state index in [1.54, 1.807) is 0 Å². The highest BCUT2D eigenvalue weighted by molar-refractivity contribution is 5.26. The van der Waals surface area contributed by atoms with Gasteiger partial charge in [0, 0.05) is 32.3 Å². The predicted octanol–water partition coefficient (Wildman–Crippen LogP) is 3.31. The summed E-state index contributed by atoms with van der Waals surface area (Å²) in [4.78, 5) is 2.54. The maximum absolute atomic E-state index is 5.99. The Morgan fingerprint density at radius 1 is 1.19 bits per heavy atom. The van der Waals surface area contributed by atoms with Gasteiger partial charge in [-0.05, 0) is 36.8 Å². The van der Waals surface area contributed by atoms with E-state index in [1.807, 2.05) is 7.11 Å². The fourth-order valence-electron chi connectivity index (χ4n) is 3.34. The van der Waals surface area contributed by atoms with Crippen molar-refractivity contribution >= 4 is 0 Å². The summed E-state index contributed by atoms with van der Waals surface area (Å²) in [5.74, 6) is 0.587. The lowest BCUT2D eigenvalue weighted by molar-refractivity contribution is -0.00164. The van der Waals surface area contributed by atoms with Crippen LogP contribution in [0.2, 0.25) is 0 Å². The molecule has 1 aliphatic heterocycles.